The number of thiazole rings is 1. The number of ether oxygens (including phenoxy) is 1. The quantitative estimate of drug-likeness (QED) is 0.421. The van der Waals surface area contributed by atoms with Gasteiger partial charge < -0.3 is 9.30 Å². The van der Waals surface area contributed by atoms with Gasteiger partial charge in [0.2, 0.25) is 10.0 Å². The lowest BCUT2D eigenvalue weighted by atomic mass is 10.3. The lowest BCUT2D eigenvalue weighted by Gasteiger charge is -2.05. The van der Waals surface area contributed by atoms with Crippen LogP contribution in [0.3, 0.4) is 0 Å². The fourth-order valence-electron chi connectivity index (χ4n) is 2.64. The van der Waals surface area contributed by atoms with E-state index < -0.39 is 16.0 Å². The van der Waals surface area contributed by atoms with E-state index in [0.717, 1.165) is 16.2 Å². The fourth-order valence-corrected chi connectivity index (χ4v) is 5.07. The predicted molar refractivity (Wildman–Crippen MR) is 116 cm³/mol. The number of esters is 1. The van der Waals surface area contributed by atoms with E-state index in [4.69, 9.17) is 5.14 Å². The Morgan fingerprint density at radius 1 is 1.20 bits per heavy atom. The lowest BCUT2D eigenvalue weighted by molar-refractivity contribution is -0.140. The third-order valence-electron chi connectivity index (χ3n) is 4.08. The van der Waals surface area contributed by atoms with Crippen LogP contribution in [0.2, 0.25) is 0 Å². The summed E-state index contributed by atoms with van der Waals surface area (Å²) in [5.41, 5.74) is 0.651. The van der Waals surface area contributed by atoms with Crippen LogP contribution in [0.25, 0.3) is 10.2 Å². The van der Waals surface area contributed by atoms with Crippen molar-refractivity contribution in [3.8, 4) is 0 Å². The van der Waals surface area contributed by atoms with Gasteiger partial charge in [-0.15, -0.1) is 11.8 Å². The van der Waals surface area contributed by atoms with Crippen LogP contribution in [-0.4, -0.2) is 37.7 Å². The fraction of sp³-hybridized carbons (Fsp3) is 0.211. The van der Waals surface area contributed by atoms with E-state index in [1.54, 1.807) is 10.6 Å². The molecule has 0 aliphatic heterocycles. The van der Waals surface area contributed by atoms with Crippen molar-refractivity contribution in [1.29, 1.82) is 0 Å². The first-order chi connectivity index (χ1) is 14.3. The van der Waals surface area contributed by atoms with E-state index in [1.165, 1.54) is 31.0 Å². The molecule has 1 amide bonds. The SMILES string of the molecule is COC(=O)CCn1c(=NC(=O)CSc2ccccc2)sc2cc(S(N)(=O)=O)ccc21. The second kappa shape index (κ2) is 9.56. The van der Waals surface area contributed by atoms with Crippen LogP contribution < -0.4 is 9.94 Å². The second-order valence-corrected chi connectivity index (χ2v) is 9.76. The van der Waals surface area contributed by atoms with Gasteiger partial charge in [0.25, 0.3) is 5.91 Å². The Labute approximate surface area is 181 Å². The number of methoxy groups -OCH3 is 1. The highest BCUT2D eigenvalue weighted by Gasteiger charge is 2.14. The normalized spacial score (nSPS) is 12.3. The average Bonchev–Trinajstić information content (AvgIpc) is 3.06. The first-order valence-electron chi connectivity index (χ1n) is 8.76. The van der Waals surface area contributed by atoms with Crippen LogP contribution in [0, 0.1) is 0 Å². The minimum atomic E-state index is -3.87. The van der Waals surface area contributed by atoms with Crippen molar-refractivity contribution in [2.75, 3.05) is 12.9 Å². The third kappa shape index (κ3) is 5.57. The molecule has 0 aliphatic carbocycles. The summed E-state index contributed by atoms with van der Waals surface area (Å²) < 4.78 is 30.3. The molecule has 1 aromatic heterocycles. The number of nitrogens with two attached hydrogens (primary N) is 1. The standard InChI is InChI=1S/C19H19N3O5S3/c1-27-18(24)9-10-22-15-8-7-14(30(20,25)26)11-16(15)29-19(22)21-17(23)12-28-13-5-3-2-4-6-13/h2-8,11H,9-10,12H2,1H3,(H2,20,25,26). The van der Waals surface area contributed by atoms with Crippen molar-refractivity contribution < 1.29 is 22.7 Å². The van der Waals surface area contributed by atoms with Crippen LogP contribution in [0.15, 0.2) is 63.3 Å². The minimum absolute atomic E-state index is 0.0334. The number of aryl methyl sites for hydroxylation is 1. The molecule has 0 radical (unpaired) electrons. The summed E-state index contributed by atoms with van der Waals surface area (Å²) in [4.78, 5) is 29.5. The maximum atomic E-state index is 12.4. The highest BCUT2D eigenvalue weighted by atomic mass is 32.2. The molecular weight excluding hydrogens is 446 g/mol. The van der Waals surface area contributed by atoms with Crippen LogP contribution in [0.4, 0.5) is 0 Å². The average molecular weight is 466 g/mol. The van der Waals surface area contributed by atoms with Gasteiger partial charge in [0, 0.05) is 11.4 Å². The first-order valence-corrected chi connectivity index (χ1v) is 12.1. The minimum Gasteiger partial charge on any atom is -0.469 e. The maximum Gasteiger partial charge on any atom is 0.307 e. The molecule has 158 valence electrons. The topological polar surface area (TPSA) is 121 Å². The zero-order valence-corrected chi connectivity index (χ0v) is 18.4. The zero-order chi connectivity index (χ0) is 21.7. The Bertz CT molecular complexity index is 1250. The first kappa shape index (κ1) is 22.2. The summed E-state index contributed by atoms with van der Waals surface area (Å²) in [6.07, 6.45) is 0.0828. The lowest BCUT2D eigenvalue weighted by Crippen LogP contribution is -2.19. The molecule has 3 aromatic rings. The zero-order valence-electron chi connectivity index (χ0n) is 16.0. The van der Waals surface area contributed by atoms with E-state index in [1.807, 2.05) is 30.3 Å². The van der Waals surface area contributed by atoms with E-state index in [2.05, 4.69) is 9.73 Å². The van der Waals surface area contributed by atoms with Gasteiger partial charge in [0.15, 0.2) is 4.80 Å². The van der Waals surface area contributed by atoms with E-state index in [0.29, 0.717) is 15.0 Å². The van der Waals surface area contributed by atoms with Crippen molar-refractivity contribution in [2.24, 2.45) is 10.1 Å². The molecule has 1 heterocycles. The van der Waals surface area contributed by atoms with Crippen molar-refractivity contribution >= 4 is 55.2 Å². The highest BCUT2D eigenvalue weighted by Crippen LogP contribution is 2.22. The number of hydrogen-bond donors (Lipinski definition) is 1. The largest absolute Gasteiger partial charge is 0.469 e. The van der Waals surface area contributed by atoms with Crippen LogP contribution in [0.5, 0.6) is 0 Å². The summed E-state index contributed by atoms with van der Waals surface area (Å²) >= 11 is 2.53. The third-order valence-corrected chi connectivity index (χ3v) is 7.02. The van der Waals surface area contributed by atoms with Crippen LogP contribution >= 0.6 is 23.1 Å². The van der Waals surface area contributed by atoms with E-state index in [9.17, 15) is 18.0 Å². The summed E-state index contributed by atoms with van der Waals surface area (Å²) in [6, 6.07) is 13.9. The monoisotopic (exact) mass is 465 g/mol. The molecule has 2 N–H and O–H groups in total. The predicted octanol–water partition coefficient (Wildman–Crippen LogP) is 2.13. The molecule has 0 atom stereocenters. The van der Waals surface area contributed by atoms with Gasteiger partial charge in [-0.25, -0.2) is 13.6 Å². The van der Waals surface area contributed by atoms with Gasteiger partial charge in [-0.05, 0) is 30.3 Å². The number of benzene rings is 2. The molecule has 30 heavy (non-hydrogen) atoms. The maximum absolute atomic E-state index is 12.4. The molecule has 0 fully saturated rings. The Morgan fingerprint density at radius 2 is 1.93 bits per heavy atom. The Hall–Kier alpha value is -2.47. The number of rotatable bonds is 7. The molecule has 0 bridgehead atoms. The number of hydrogen-bond acceptors (Lipinski definition) is 7. The van der Waals surface area contributed by atoms with Gasteiger partial charge in [-0.1, -0.05) is 29.5 Å². The van der Waals surface area contributed by atoms with Crippen LogP contribution in [-0.2, 0) is 30.9 Å². The molecule has 0 aliphatic rings. The van der Waals surface area contributed by atoms with Gasteiger partial charge in [-0.2, -0.15) is 4.99 Å². The molecule has 2 aromatic carbocycles. The molecule has 0 spiro atoms. The smallest absolute Gasteiger partial charge is 0.307 e. The number of amides is 1. The summed E-state index contributed by atoms with van der Waals surface area (Å²) in [6.45, 7) is 0.235. The number of sulfonamides is 1. The molecule has 0 unspecified atom stereocenters. The Balaban J connectivity index is 1.96. The Morgan fingerprint density at radius 3 is 2.60 bits per heavy atom. The van der Waals surface area contributed by atoms with Gasteiger partial charge in [0.05, 0.1) is 34.4 Å². The summed E-state index contributed by atoms with van der Waals surface area (Å²) in [5, 5.41) is 5.21. The molecule has 8 nitrogen and oxygen atoms in total. The number of aromatic nitrogens is 1. The van der Waals surface area contributed by atoms with Gasteiger partial charge in [0.1, 0.15) is 0 Å². The summed E-state index contributed by atoms with van der Waals surface area (Å²) in [7, 11) is -2.57. The van der Waals surface area contributed by atoms with Crippen LogP contribution in [0.1, 0.15) is 6.42 Å². The van der Waals surface area contributed by atoms with Crippen molar-refractivity contribution in [2.45, 2.75) is 22.8 Å². The van der Waals surface area contributed by atoms with Crippen molar-refractivity contribution in [3.63, 3.8) is 0 Å². The molecule has 0 saturated heterocycles. The van der Waals surface area contributed by atoms with E-state index in [-0.39, 0.29) is 29.5 Å². The molecule has 0 saturated carbocycles. The Kier molecular flexibility index (Phi) is 7.08. The van der Waals surface area contributed by atoms with E-state index >= 15 is 0 Å². The summed E-state index contributed by atoms with van der Waals surface area (Å²) in [5.74, 6) is -0.591. The van der Waals surface area contributed by atoms with Gasteiger partial charge in [-0.3, -0.25) is 9.59 Å². The van der Waals surface area contributed by atoms with Crippen molar-refractivity contribution in [1.82, 2.24) is 4.57 Å². The molecular formula is C19H19N3O5S3. The number of nitrogens with zero attached hydrogens (tertiary/aromatic N) is 2. The number of carbonyl (C=O) groups is 2. The molecule has 3 rings (SSSR count). The number of primary sulfonamides is 1. The second-order valence-electron chi connectivity index (χ2n) is 6.14. The van der Waals surface area contributed by atoms with Crippen molar-refractivity contribution in [3.05, 3.63) is 53.3 Å². The van der Waals surface area contributed by atoms with Gasteiger partial charge >= 0.3 is 5.97 Å². The molecule has 11 heteroatoms. The number of thioether (sulfide) groups is 1. The number of fused-ring (bicyclic) bond motifs is 1. The highest BCUT2D eigenvalue weighted by molar-refractivity contribution is 8.00. The number of carbonyl (C=O) groups excluding carboxylic acids is 2.